The molecular weight excluding hydrogens is 260 g/mol. The maximum atomic E-state index is 4.74. The van der Waals surface area contributed by atoms with E-state index in [0.29, 0.717) is 0 Å². The maximum Gasteiger partial charge on any atom is 0.0729 e. The van der Waals surface area contributed by atoms with E-state index in [2.05, 4.69) is 34.0 Å². The molecular formula is C17H20N4. The molecule has 4 nitrogen and oxygen atoms in total. The van der Waals surface area contributed by atoms with Crippen molar-refractivity contribution in [3.63, 3.8) is 0 Å². The van der Waals surface area contributed by atoms with Crippen molar-refractivity contribution in [3.8, 4) is 0 Å². The van der Waals surface area contributed by atoms with Crippen molar-refractivity contribution in [3.05, 3.63) is 54.1 Å². The Morgan fingerprint density at radius 3 is 2.86 bits per heavy atom. The lowest BCUT2D eigenvalue weighted by Crippen LogP contribution is -2.36. The minimum absolute atomic E-state index is 0.216. The highest BCUT2D eigenvalue weighted by atomic mass is 15.2. The standard InChI is InChI=1S/C17H20N4/c1-20-9-6-17(12-20)13-21(11-14-4-2-7-18-10-14)15-5-3-8-19-16(15)17/h2-5,7-8,10H,6,9,11-13H2,1H3/t17-/m1/s1. The lowest BCUT2D eigenvalue weighted by Gasteiger charge is -2.25. The molecule has 0 saturated carbocycles. The quantitative estimate of drug-likeness (QED) is 0.843. The summed E-state index contributed by atoms with van der Waals surface area (Å²) < 4.78 is 0. The van der Waals surface area contributed by atoms with E-state index in [1.165, 1.54) is 23.4 Å². The van der Waals surface area contributed by atoms with Crippen molar-refractivity contribution < 1.29 is 0 Å². The van der Waals surface area contributed by atoms with Gasteiger partial charge in [0, 0.05) is 43.6 Å². The Balaban J connectivity index is 1.68. The van der Waals surface area contributed by atoms with Crippen molar-refractivity contribution in [2.45, 2.75) is 18.4 Å². The molecule has 2 aliphatic rings. The number of pyridine rings is 2. The van der Waals surface area contributed by atoms with E-state index in [-0.39, 0.29) is 5.41 Å². The van der Waals surface area contributed by atoms with E-state index in [1.54, 1.807) is 0 Å². The highest BCUT2D eigenvalue weighted by Crippen LogP contribution is 2.45. The van der Waals surface area contributed by atoms with Crippen molar-refractivity contribution >= 4 is 5.69 Å². The molecule has 0 radical (unpaired) electrons. The molecule has 0 N–H and O–H groups in total. The highest BCUT2D eigenvalue weighted by molar-refractivity contribution is 5.60. The van der Waals surface area contributed by atoms with Gasteiger partial charge < -0.3 is 9.80 Å². The minimum atomic E-state index is 0.216. The van der Waals surface area contributed by atoms with Crippen LogP contribution >= 0.6 is 0 Å². The molecule has 0 bridgehead atoms. The molecule has 1 spiro atoms. The molecule has 2 aromatic heterocycles. The fourth-order valence-electron chi connectivity index (χ4n) is 3.84. The van der Waals surface area contributed by atoms with Crippen LogP contribution in [0.15, 0.2) is 42.9 Å². The number of hydrogen-bond donors (Lipinski definition) is 0. The third kappa shape index (κ3) is 2.10. The molecule has 0 aliphatic carbocycles. The number of likely N-dealkylation sites (N-methyl/N-ethyl adjacent to an activating group) is 1. The Bertz CT molecular complexity index is 642. The summed E-state index contributed by atoms with van der Waals surface area (Å²) in [4.78, 5) is 13.9. The fourth-order valence-corrected chi connectivity index (χ4v) is 3.84. The Hall–Kier alpha value is -1.94. The van der Waals surface area contributed by atoms with Crippen LogP contribution < -0.4 is 4.90 Å². The number of likely N-dealkylation sites (tertiary alicyclic amines) is 1. The first-order valence-corrected chi connectivity index (χ1v) is 7.55. The third-order valence-electron chi connectivity index (χ3n) is 4.76. The smallest absolute Gasteiger partial charge is 0.0729 e. The van der Waals surface area contributed by atoms with Crippen LogP contribution in [-0.2, 0) is 12.0 Å². The largest absolute Gasteiger partial charge is 0.365 e. The van der Waals surface area contributed by atoms with E-state index in [0.717, 1.165) is 26.2 Å². The fraction of sp³-hybridized carbons (Fsp3) is 0.412. The summed E-state index contributed by atoms with van der Waals surface area (Å²) in [6, 6.07) is 8.42. The molecule has 0 unspecified atom stereocenters. The summed E-state index contributed by atoms with van der Waals surface area (Å²) in [6.45, 7) is 4.26. The zero-order valence-corrected chi connectivity index (χ0v) is 12.4. The second kappa shape index (κ2) is 4.81. The van der Waals surface area contributed by atoms with E-state index < -0.39 is 0 Å². The van der Waals surface area contributed by atoms with Crippen LogP contribution in [0.3, 0.4) is 0 Å². The first kappa shape index (κ1) is 12.8. The van der Waals surface area contributed by atoms with Gasteiger partial charge in [0.05, 0.1) is 11.4 Å². The number of nitrogens with zero attached hydrogens (tertiary/aromatic N) is 4. The molecule has 1 fully saturated rings. The number of rotatable bonds is 2. The average Bonchev–Trinajstić information content (AvgIpc) is 3.03. The summed E-state index contributed by atoms with van der Waals surface area (Å²) >= 11 is 0. The molecule has 4 heterocycles. The summed E-state index contributed by atoms with van der Waals surface area (Å²) in [7, 11) is 2.21. The SMILES string of the molecule is CN1CC[C@@]2(C1)CN(Cc1cccnc1)c1cccnc12. The normalized spacial score (nSPS) is 24.7. The summed E-state index contributed by atoms with van der Waals surface area (Å²) in [6.07, 6.45) is 6.93. The third-order valence-corrected chi connectivity index (χ3v) is 4.76. The molecule has 4 rings (SSSR count). The van der Waals surface area contributed by atoms with Gasteiger partial charge >= 0.3 is 0 Å². The second-order valence-corrected chi connectivity index (χ2v) is 6.36. The van der Waals surface area contributed by atoms with Gasteiger partial charge in [-0.15, -0.1) is 0 Å². The predicted molar refractivity (Wildman–Crippen MR) is 83.3 cm³/mol. The van der Waals surface area contributed by atoms with Gasteiger partial charge in [-0.3, -0.25) is 9.97 Å². The van der Waals surface area contributed by atoms with Gasteiger partial charge in [-0.1, -0.05) is 6.07 Å². The Morgan fingerprint density at radius 2 is 2.10 bits per heavy atom. The summed E-state index contributed by atoms with van der Waals surface area (Å²) in [5, 5.41) is 0. The second-order valence-electron chi connectivity index (χ2n) is 6.36. The van der Waals surface area contributed by atoms with Crippen molar-refractivity contribution in [2.75, 3.05) is 31.6 Å². The average molecular weight is 280 g/mol. The van der Waals surface area contributed by atoms with Crippen molar-refractivity contribution in [2.24, 2.45) is 0 Å². The van der Waals surface area contributed by atoms with Crippen LogP contribution in [-0.4, -0.2) is 41.5 Å². The van der Waals surface area contributed by atoms with Gasteiger partial charge in [-0.25, -0.2) is 0 Å². The summed E-state index contributed by atoms with van der Waals surface area (Å²) in [5.41, 5.74) is 4.07. The maximum absolute atomic E-state index is 4.74. The van der Waals surface area contributed by atoms with Crippen LogP contribution in [0.4, 0.5) is 5.69 Å². The monoisotopic (exact) mass is 280 g/mol. The zero-order chi connectivity index (χ0) is 14.3. The molecule has 0 amide bonds. The zero-order valence-electron chi connectivity index (χ0n) is 12.4. The van der Waals surface area contributed by atoms with Crippen LogP contribution in [0.1, 0.15) is 17.7 Å². The lowest BCUT2D eigenvalue weighted by molar-refractivity contribution is 0.373. The van der Waals surface area contributed by atoms with Gasteiger partial charge in [-0.2, -0.15) is 0 Å². The first-order chi connectivity index (χ1) is 10.3. The number of fused-ring (bicyclic) bond motifs is 2. The highest BCUT2D eigenvalue weighted by Gasteiger charge is 2.47. The van der Waals surface area contributed by atoms with Crippen LogP contribution in [0.25, 0.3) is 0 Å². The number of hydrogen-bond acceptors (Lipinski definition) is 4. The summed E-state index contributed by atoms with van der Waals surface area (Å²) in [5.74, 6) is 0. The Morgan fingerprint density at radius 1 is 1.19 bits per heavy atom. The number of aromatic nitrogens is 2. The topological polar surface area (TPSA) is 32.3 Å². The van der Waals surface area contributed by atoms with Crippen LogP contribution in [0.5, 0.6) is 0 Å². The molecule has 4 heteroatoms. The first-order valence-electron chi connectivity index (χ1n) is 7.55. The van der Waals surface area contributed by atoms with E-state index in [1.807, 2.05) is 30.7 Å². The van der Waals surface area contributed by atoms with Crippen molar-refractivity contribution in [1.29, 1.82) is 0 Å². The lowest BCUT2D eigenvalue weighted by atomic mass is 9.85. The van der Waals surface area contributed by atoms with E-state index in [9.17, 15) is 0 Å². The molecule has 1 saturated heterocycles. The molecule has 21 heavy (non-hydrogen) atoms. The molecule has 2 aromatic rings. The predicted octanol–water partition coefficient (Wildman–Crippen LogP) is 2.07. The van der Waals surface area contributed by atoms with Crippen molar-refractivity contribution in [1.82, 2.24) is 14.9 Å². The Kier molecular flexibility index (Phi) is 2.93. The van der Waals surface area contributed by atoms with Gasteiger partial charge in [-0.05, 0) is 43.8 Å². The number of anilines is 1. The van der Waals surface area contributed by atoms with Gasteiger partial charge in [0.25, 0.3) is 0 Å². The molecule has 108 valence electrons. The van der Waals surface area contributed by atoms with E-state index >= 15 is 0 Å². The molecule has 1 atom stereocenters. The van der Waals surface area contributed by atoms with Gasteiger partial charge in [0.2, 0.25) is 0 Å². The van der Waals surface area contributed by atoms with Gasteiger partial charge in [0.1, 0.15) is 0 Å². The molecule has 2 aliphatic heterocycles. The minimum Gasteiger partial charge on any atom is -0.365 e. The molecule has 0 aromatic carbocycles. The Labute approximate surface area is 125 Å². The van der Waals surface area contributed by atoms with E-state index in [4.69, 9.17) is 4.98 Å². The van der Waals surface area contributed by atoms with Gasteiger partial charge in [0.15, 0.2) is 0 Å². The van der Waals surface area contributed by atoms with Crippen LogP contribution in [0.2, 0.25) is 0 Å². The van der Waals surface area contributed by atoms with Crippen LogP contribution in [0, 0.1) is 0 Å².